The van der Waals surface area contributed by atoms with Crippen molar-refractivity contribution >= 4 is 15.9 Å². The van der Waals surface area contributed by atoms with Crippen LogP contribution in [-0.4, -0.2) is 12.0 Å². The third-order valence-corrected chi connectivity index (χ3v) is 3.01. The Morgan fingerprint density at radius 2 is 1.94 bits per heavy atom. The average molecular weight is 307 g/mol. The molecule has 0 amide bonds. The van der Waals surface area contributed by atoms with Crippen molar-refractivity contribution in [2.24, 2.45) is 0 Å². The number of rotatable bonds is 5. The van der Waals surface area contributed by atoms with Gasteiger partial charge in [0.25, 0.3) is 0 Å². The lowest BCUT2D eigenvalue weighted by Gasteiger charge is -2.07. The number of halogens is 1. The Kier molecular flexibility index (Phi) is 4.73. The molecular weight excluding hydrogens is 292 g/mol. The van der Waals surface area contributed by atoms with E-state index >= 15 is 0 Å². The van der Waals surface area contributed by atoms with E-state index in [1.807, 2.05) is 43.4 Å². The molecule has 1 heterocycles. The standard InChI is InChI=1S/C14H15BrN2O/c1-16-9-12-6-7-17-14(8-12)18-10-11-2-4-13(15)5-3-11/h2-8,16H,9-10H2,1H3. The van der Waals surface area contributed by atoms with E-state index in [4.69, 9.17) is 4.74 Å². The zero-order chi connectivity index (χ0) is 12.8. The summed E-state index contributed by atoms with van der Waals surface area (Å²) in [6, 6.07) is 12.0. The average Bonchev–Trinajstić information content (AvgIpc) is 2.39. The normalized spacial score (nSPS) is 10.3. The Balaban J connectivity index is 1.97. The van der Waals surface area contributed by atoms with Gasteiger partial charge in [0.15, 0.2) is 0 Å². The molecule has 0 saturated heterocycles. The number of benzene rings is 1. The molecule has 0 atom stereocenters. The minimum atomic E-state index is 0.531. The number of nitrogens with zero attached hydrogens (tertiary/aromatic N) is 1. The summed E-state index contributed by atoms with van der Waals surface area (Å²) in [4.78, 5) is 4.20. The molecule has 4 heteroatoms. The SMILES string of the molecule is CNCc1ccnc(OCc2ccc(Br)cc2)c1. The van der Waals surface area contributed by atoms with Gasteiger partial charge in [0.05, 0.1) is 0 Å². The molecule has 1 aromatic heterocycles. The maximum Gasteiger partial charge on any atom is 0.213 e. The first-order chi connectivity index (χ1) is 8.78. The largest absolute Gasteiger partial charge is 0.473 e. The monoisotopic (exact) mass is 306 g/mol. The number of aromatic nitrogens is 1. The minimum Gasteiger partial charge on any atom is -0.473 e. The molecule has 1 aromatic carbocycles. The third-order valence-electron chi connectivity index (χ3n) is 2.48. The predicted octanol–water partition coefficient (Wildman–Crippen LogP) is 3.14. The summed E-state index contributed by atoms with van der Waals surface area (Å²) >= 11 is 3.41. The Morgan fingerprint density at radius 1 is 1.17 bits per heavy atom. The fourth-order valence-corrected chi connectivity index (χ4v) is 1.85. The van der Waals surface area contributed by atoms with Gasteiger partial charge in [-0.3, -0.25) is 0 Å². The second kappa shape index (κ2) is 6.52. The van der Waals surface area contributed by atoms with Crippen LogP contribution in [-0.2, 0) is 13.2 Å². The van der Waals surface area contributed by atoms with Crippen LogP contribution < -0.4 is 10.1 Å². The van der Waals surface area contributed by atoms with E-state index in [9.17, 15) is 0 Å². The van der Waals surface area contributed by atoms with E-state index < -0.39 is 0 Å². The first-order valence-electron chi connectivity index (χ1n) is 5.74. The smallest absolute Gasteiger partial charge is 0.213 e. The summed E-state index contributed by atoms with van der Waals surface area (Å²) < 4.78 is 6.73. The van der Waals surface area contributed by atoms with Gasteiger partial charge in [-0.25, -0.2) is 4.98 Å². The second-order valence-corrected chi connectivity index (χ2v) is 4.86. The topological polar surface area (TPSA) is 34.2 Å². The van der Waals surface area contributed by atoms with Crippen LogP contribution in [0.15, 0.2) is 47.1 Å². The van der Waals surface area contributed by atoms with Gasteiger partial charge >= 0.3 is 0 Å². The summed E-state index contributed by atoms with van der Waals surface area (Å²) in [7, 11) is 1.92. The molecule has 1 N–H and O–H groups in total. The molecule has 0 aliphatic rings. The van der Waals surface area contributed by atoms with Gasteiger partial charge in [0.2, 0.25) is 5.88 Å². The van der Waals surface area contributed by atoms with Crippen molar-refractivity contribution < 1.29 is 4.74 Å². The highest BCUT2D eigenvalue weighted by molar-refractivity contribution is 9.10. The minimum absolute atomic E-state index is 0.531. The van der Waals surface area contributed by atoms with Gasteiger partial charge in [0.1, 0.15) is 6.61 Å². The van der Waals surface area contributed by atoms with Crippen LogP contribution in [0.1, 0.15) is 11.1 Å². The summed E-state index contributed by atoms with van der Waals surface area (Å²) in [6.07, 6.45) is 1.77. The molecule has 0 bridgehead atoms. The van der Waals surface area contributed by atoms with Gasteiger partial charge in [0, 0.05) is 23.3 Å². The number of nitrogens with one attached hydrogen (secondary N) is 1. The lowest BCUT2D eigenvalue weighted by Crippen LogP contribution is -2.05. The molecule has 0 aliphatic carbocycles. The molecule has 2 rings (SSSR count). The molecule has 0 unspecified atom stereocenters. The van der Waals surface area contributed by atoms with Crippen LogP contribution in [0.3, 0.4) is 0 Å². The Bertz CT molecular complexity index is 499. The highest BCUT2D eigenvalue weighted by atomic mass is 79.9. The first kappa shape index (κ1) is 13.1. The molecule has 0 aliphatic heterocycles. The molecule has 0 radical (unpaired) electrons. The van der Waals surface area contributed by atoms with Crippen molar-refractivity contribution in [2.45, 2.75) is 13.2 Å². The zero-order valence-corrected chi connectivity index (χ0v) is 11.8. The van der Waals surface area contributed by atoms with Crippen LogP contribution >= 0.6 is 15.9 Å². The van der Waals surface area contributed by atoms with Crippen molar-refractivity contribution in [3.63, 3.8) is 0 Å². The van der Waals surface area contributed by atoms with Crippen LogP contribution in [0.2, 0.25) is 0 Å². The third kappa shape index (κ3) is 3.82. The van der Waals surface area contributed by atoms with Crippen LogP contribution in [0.25, 0.3) is 0 Å². The Labute approximate surface area is 115 Å². The van der Waals surface area contributed by atoms with Gasteiger partial charge in [-0.2, -0.15) is 0 Å². The Morgan fingerprint density at radius 3 is 2.67 bits per heavy atom. The molecule has 2 aromatic rings. The van der Waals surface area contributed by atoms with E-state index in [2.05, 4.69) is 26.2 Å². The van der Waals surface area contributed by atoms with Crippen LogP contribution in [0, 0.1) is 0 Å². The molecule has 3 nitrogen and oxygen atoms in total. The highest BCUT2D eigenvalue weighted by Gasteiger charge is 1.99. The number of pyridine rings is 1. The summed E-state index contributed by atoms with van der Waals surface area (Å²) in [6.45, 7) is 1.35. The van der Waals surface area contributed by atoms with Gasteiger partial charge in [-0.05, 0) is 36.4 Å². The lowest BCUT2D eigenvalue weighted by molar-refractivity contribution is 0.293. The molecule has 0 saturated carbocycles. The van der Waals surface area contributed by atoms with Crippen molar-refractivity contribution in [1.82, 2.24) is 10.3 Å². The van der Waals surface area contributed by atoms with E-state index in [0.29, 0.717) is 12.5 Å². The zero-order valence-electron chi connectivity index (χ0n) is 10.2. The fraction of sp³-hybridized carbons (Fsp3) is 0.214. The van der Waals surface area contributed by atoms with Gasteiger partial charge in [-0.15, -0.1) is 0 Å². The maximum atomic E-state index is 5.66. The van der Waals surface area contributed by atoms with Crippen molar-refractivity contribution in [2.75, 3.05) is 7.05 Å². The summed E-state index contributed by atoms with van der Waals surface area (Å²) in [5, 5.41) is 3.10. The molecule has 18 heavy (non-hydrogen) atoms. The van der Waals surface area contributed by atoms with Gasteiger partial charge < -0.3 is 10.1 Å². The van der Waals surface area contributed by atoms with E-state index in [0.717, 1.165) is 16.6 Å². The quantitative estimate of drug-likeness (QED) is 0.921. The first-order valence-corrected chi connectivity index (χ1v) is 6.54. The van der Waals surface area contributed by atoms with Gasteiger partial charge in [-0.1, -0.05) is 28.1 Å². The van der Waals surface area contributed by atoms with E-state index in [1.54, 1.807) is 6.20 Å². The van der Waals surface area contributed by atoms with Crippen LogP contribution in [0.4, 0.5) is 0 Å². The number of ether oxygens (including phenoxy) is 1. The predicted molar refractivity (Wildman–Crippen MR) is 75.5 cm³/mol. The maximum absolute atomic E-state index is 5.66. The number of hydrogen-bond acceptors (Lipinski definition) is 3. The van der Waals surface area contributed by atoms with Crippen molar-refractivity contribution in [1.29, 1.82) is 0 Å². The summed E-state index contributed by atoms with van der Waals surface area (Å²) in [5.41, 5.74) is 2.29. The van der Waals surface area contributed by atoms with E-state index in [-0.39, 0.29) is 0 Å². The number of hydrogen-bond donors (Lipinski definition) is 1. The molecule has 0 fully saturated rings. The highest BCUT2D eigenvalue weighted by Crippen LogP contribution is 2.14. The molecule has 94 valence electrons. The fourth-order valence-electron chi connectivity index (χ4n) is 1.58. The lowest BCUT2D eigenvalue weighted by atomic mass is 10.2. The Hall–Kier alpha value is -1.39. The van der Waals surface area contributed by atoms with Crippen LogP contribution in [0.5, 0.6) is 5.88 Å². The van der Waals surface area contributed by atoms with E-state index in [1.165, 1.54) is 5.56 Å². The summed E-state index contributed by atoms with van der Waals surface area (Å²) in [5.74, 6) is 0.658. The molecular formula is C14H15BrN2O. The van der Waals surface area contributed by atoms with Crippen molar-refractivity contribution in [3.05, 3.63) is 58.2 Å². The van der Waals surface area contributed by atoms with Crippen molar-refractivity contribution in [3.8, 4) is 5.88 Å². The molecule has 0 spiro atoms. The second-order valence-electron chi connectivity index (χ2n) is 3.95.